The predicted octanol–water partition coefficient (Wildman–Crippen LogP) is 12.6. The second-order valence-electron chi connectivity index (χ2n) is 11.2. The van der Waals surface area contributed by atoms with Gasteiger partial charge in [-0.15, -0.1) is 0 Å². The van der Waals surface area contributed by atoms with Gasteiger partial charge in [0.2, 0.25) is 0 Å². The Labute approximate surface area is 270 Å². The van der Waals surface area contributed by atoms with E-state index in [-0.39, 0.29) is 58.4 Å². The van der Waals surface area contributed by atoms with E-state index in [9.17, 15) is 4.11 Å². The fraction of sp³-hybridized carbons (Fsp3) is 0. The van der Waals surface area contributed by atoms with Crippen LogP contribution < -0.4 is 0 Å². The summed E-state index contributed by atoms with van der Waals surface area (Å²) in [6.07, 6.45) is 0. The average Bonchev–Trinajstić information content (AvgIpc) is 3.58. The van der Waals surface area contributed by atoms with Crippen molar-refractivity contribution in [3.8, 4) is 44.5 Å². The van der Waals surface area contributed by atoms with Gasteiger partial charge in [0, 0.05) is 10.8 Å². The molecule has 8 aromatic carbocycles. The Balaban J connectivity index is 1.36. The van der Waals surface area contributed by atoms with Gasteiger partial charge in [0.25, 0.3) is 0 Å². The highest BCUT2D eigenvalue weighted by atomic mass is 16.3. The van der Waals surface area contributed by atoms with Crippen molar-refractivity contribution in [3.63, 3.8) is 0 Å². The topological polar surface area (TPSA) is 13.1 Å². The summed E-state index contributed by atoms with van der Waals surface area (Å²) in [4.78, 5) is 0. The highest BCUT2D eigenvalue weighted by molar-refractivity contribution is 6.22. The fourth-order valence-electron chi connectivity index (χ4n) is 6.56. The Morgan fingerprint density at radius 2 is 0.889 bits per heavy atom. The lowest BCUT2D eigenvalue weighted by Gasteiger charge is -2.18. The second-order valence-corrected chi connectivity index (χ2v) is 11.2. The van der Waals surface area contributed by atoms with Gasteiger partial charge in [0.05, 0.1) is 8.22 Å². The summed E-state index contributed by atoms with van der Waals surface area (Å²) in [5.41, 5.74) is 6.33. The van der Waals surface area contributed by atoms with Crippen LogP contribution in [0.3, 0.4) is 0 Å². The SMILES string of the molecule is [2H]c1c([2H])c(-c2ccccc2)c2c(oc3c([2H])c(-c4c5ccccc5c(-c5ccc(-c6ccccc6)cc5)c5ccccc45)c([2H])c([2H])c32)c1[2H]. The van der Waals surface area contributed by atoms with Gasteiger partial charge in [0.15, 0.2) is 0 Å². The van der Waals surface area contributed by atoms with E-state index in [1.165, 1.54) is 0 Å². The molecule has 0 unspecified atom stereocenters. The van der Waals surface area contributed by atoms with E-state index in [0.29, 0.717) is 22.1 Å². The number of furan rings is 1. The molecule has 0 aliphatic rings. The molecule has 0 aliphatic heterocycles. The maximum absolute atomic E-state index is 9.62. The van der Waals surface area contributed by atoms with Crippen molar-refractivity contribution < 1.29 is 12.6 Å². The molecular weight excluding hydrogens is 544 g/mol. The minimum atomic E-state index is -0.297. The smallest absolute Gasteiger partial charge is 0.136 e. The number of hydrogen-bond acceptors (Lipinski definition) is 1. The Kier molecular flexibility index (Phi) is 4.63. The number of hydrogen-bond donors (Lipinski definition) is 0. The van der Waals surface area contributed by atoms with Crippen LogP contribution in [0.1, 0.15) is 8.22 Å². The first-order valence-electron chi connectivity index (χ1n) is 18.0. The minimum absolute atomic E-state index is 0.0346. The standard InChI is InChI=1S/C44H28O/c1-3-12-29(13-4-1)30-22-24-32(25-23-30)42-35-16-7-9-18-37(35)43(38-19-10-8-17-36(38)42)33-26-27-39-41(28-33)45-40-21-11-20-34(44(39)40)31-14-5-2-6-15-31/h1-28H/i11D,20D,21D,26D,27D,28D. The molecule has 0 bridgehead atoms. The van der Waals surface area contributed by atoms with E-state index >= 15 is 0 Å². The molecule has 0 radical (unpaired) electrons. The van der Waals surface area contributed by atoms with E-state index in [1.807, 2.05) is 84.9 Å². The lowest BCUT2D eigenvalue weighted by Crippen LogP contribution is -1.91. The van der Waals surface area contributed by atoms with Gasteiger partial charge in [-0.2, -0.15) is 0 Å². The summed E-state index contributed by atoms with van der Waals surface area (Å²) < 4.78 is 61.0. The molecule has 0 fully saturated rings. The summed E-state index contributed by atoms with van der Waals surface area (Å²) in [7, 11) is 0. The van der Waals surface area contributed by atoms with E-state index < -0.39 is 0 Å². The van der Waals surface area contributed by atoms with Gasteiger partial charge < -0.3 is 4.42 Å². The third kappa shape index (κ3) is 4.17. The van der Waals surface area contributed by atoms with E-state index in [2.05, 4.69) is 48.5 Å². The first kappa shape index (κ1) is 20.1. The number of fused-ring (bicyclic) bond motifs is 5. The molecule has 0 N–H and O–H groups in total. The summed E-state index contributed by atoms with van der Waals surface area (Å²) in [6, 6.07) is 42.8. The number of rotatable bonds is 4. The third-order valence-electron chi connectivity index (χ3n) is 8.60. The van der Waals surface area contributed by atoms with Crippen LogP contribution >= 0.6 is 0 Å². The minimum Gasteiger partial charge on any atom is -0.456 e. The zero-order valence-corrected chi connectivity index (χ0v) is 24.1. The molecule has 1 aromatic heterocycles. The number of benzene rings is 8. The molecule has 0 saturated heterocycles. The molecule has 1 heterocycles. The molecule has 0 saturated carbocycles. The van der Waals surface area contributed by atoms with E-state index in [4.69, 9.17) is 8.53 Å². The van der Waals surface area contributed by atoms with Gasteiger partial charge in [-0.3, -0.25) is 0 Å². The fourth-order valence-corrected chi connectivity index (χ4v) is 6.56. The van der Waals surface area contributed by atoms with Crippen LogP contribution in [0.15, 0.2) is 174 Å². The van der Waals surface area contributed by atoms with Crippen LogP contribution in [0, 0.1) is 0 Å². The zero-order valence-electron chi connectivity index (χ0n) is 30.1. The van der Waals surface area contributed by atoms with E-state index in [0.717, 1.165) is 43.8 Å². The Morgan fingerprint density at radius 3 is 1.51 bits per heavy atom. The highest BCUT2D eigenvalue weighted by Crippen LogP contribution is 2.45. The summed E-state index contributed by atoms with van der Waals surface area (Å²) in [6.45, 7) is 0. The molecule has 1 nitrogen and oxygen atoms in total. The lowest BCUT2D eigenvalue weighted by molar-refractivity contribution is 0.669. The summed E-state index contributed by atoms with van der Waals surface area (Å²) in [5.74, 6) is 0. The largest absolute Gasteiger partial charge is 0.456 e. The van der Waals surface area contributed by atoms with Gasteiger partial charge in [-0.25, -0.2) is 0 Å². The van der Waals surface area contributed by atoms with Crippen molar-refractivity contribution in [2.24, 2.45) is 0 Å². The van der Waals surface area contributed by atoms with Gasteiger partial charge in [-0.05, 0) is 84.2 Å². The van der Waals surface area contributed by atoms with Crippen molar-refractivity contribution in [3.05, 3.63) is 170 Å². The first-order chi connectivity index (χ1) is 24.8. The van der Waals surface area contributed by atoms with Gasteiger partial charge in [0.1, 0.15) is 11.2 Å². The molecule has 9 rings (SSSR count). The quantitative estimate of drug-likeness (QED) is 0.189. The van der Waals surface area contributed by atoms with Crippen molar-refractivity contribution in [2.45, 2.75) is 0 Å². The van der Waals surface area contributed by atoms with Crippen molar-refractivity contribution in [2.75, 3.05) is 0 Å². The average molecular weight is 579 g/mol. The molecule has 1 heteroatoms. The summed E-state index contributed by atoms with van der Waals surface area (Å²) >= 11 is 0. The lowest BCUT2D eigenvalue weighted by atomic mass is 9.85. The molecule has 9 aromatic rings. The molecule has 0 aliphatic carbocycles. The van der Waals surface area contributed by atoms with Crippen molar-refractivity contribution in [1.29, 1.82) is 0 Å². The molecule has 210 valence electrons. The van der Waals surface area contributed by atoms with Gasteiger partial charge >= 0.3 is 0 Å². The maximum atomic E-state index is 9.62. The monoisotopic (exact) mass is 578 g/mol. The molecule has 0 amide bonds. The molecule has 0 atom stereocenters. The van der Waals surface area contributed by atoms with Crippen LogP contribution in [0.2, 0.25) is 0 Å². The van der Waals surface area contributed by atoms with E-state index in [1.54, 1.807) is 0 Å². The summed E-state index contributed by atoms with van der Waals surface area (Å²) in [5, 5.41) is 4.09. The molecular formula is C44H28O. The first-order valence-corrected chi connectivity index (χ1v) is 15.0. The van der Waals surface area contributed by atoms with Crippen molar-refractivity contribution >= 4 is 43.5 Å². The Bertz CT molecular complexity index is 2790. The van der Waals surface area contributed by atoms with Crippen LogP contribution in [0.25, 0.3) is 88.0 Å². The van der Waals surface area contributed by atoms with Crippen molar-refractivity contribution in [1.82, 2.24) is 0 Å². The van der Waals surface area contributed by atoms with Crippen LogP contribution in [0.4, 0.5) is 0 Å². The van der Waals surface area contributed by atoms with Crippen LogP contribution in [-0.4, -0.2) is 0 Å². The van der Waals surface area contributed by atoms with Crippen LogP contribution in [0.5, 0.6) is 0 Å². The zero-order chi connectivity index (χ0) is 35.0. The Morgan fingerprint density at radius 1 is 0.378 bits per heavy atom. The van der Waals surface area contributed by atoms with Crippen LogP contribution in [-0.2, 0) is 0 Å². The predicted molar refractivity (Wildman–Crippen MR) is 190 cm³/mol. The third-order valence-corrected chi connectivity index (χ3v) is 8.60. The normalized spacial score (nSPS) is 13.4. The van der Waals surface area contributed by atoms with Gasteiger partial charge in [-0.1, -0.05) is 152 Å². The molecule has 0 spiro atoms. The Hall–Kier alpha value is -5.92. The maximum Gasteiger partial charge on any atom is 0.136 e. The highest BCUT2D eigenvalue weighted by Gasteiger charge is 2.18. The second kappa shape index (κ2) is 10.4. The molecule has 45 heavy (non-hydrogen) atoms.